The molecule has 0 amide bonds. The maximum atomic E-state index is 5.70. The molecule has 2 rings (SSSR count). The van der Waals surface area contributed by atoms with E-state index < -0.39 is 0 Å². The third kappa shape index (κ3) is 2.66. The molecule has 2 aromatic rings. The van der Waals surface area contributed by atoms with Crippen LogP contribution in [-0.2, 0) is 6.42 Å². The zero-order valence-electron chi connectivity index (χ0n) is 11.1. The molecule has 0 aliphatic heterocycles. The van der Waals surface area contributed by atoms with Crippen molar-refractivity contribution in [1.82, 2.24) is 5.43 Å². The Kier molecular flexibility index (Phi) is 4.22. The second kappa shape index (κ2) is 5.69. The maximum absolute atomic E-state index is 5.70. The van der Waals surface area contributed by atoms with E-state index in [-0.39, 0.29) is 6.04 Å². The van der Waals surface area contributed by atoms with Gasteiger partial charge in [0, 0.05) is 11.6 Å². The van der Waals surface area contributed by atoms with Crippen molar-refractivity contribution in [2.75, 3.05) is 0 Å². The highest BCUT2D eigenvalue weighted by Gasteiger charge is 2.19. The summed E-state index contributed by atoms with van der Waals surface area (Å²) in [6.45, 7) is 6.10. The number of nitrogens with two attached hydrogens (primary N) is 1. The van der Waals surface area contributed by atoms with Crippen LogP contribution < -0.4 is 11.3 Å². The van der Waals surface area contributed by atoms with Crippen LogP contribution in [0.4, 0.5) is 0 Å². The lowest BCUT2D eigenvalue weighted by Gasteiger charge is -2.16. The number of hydrazine groups is 1. The molecular weight excluding hydrogens is 244 g/mol. The van der Waals surface area contributed by atoms with E-state index in [1.807, 2.05) is 13.8 Å². The third-order valence-corrected chi connectivity index (χ3v) is 4.20. The largest absolute Gasteiger partial charge is 0.466 e. The van der Waals surface area contributed by atoms with Gasteiger partial charge in [-0.25, -0.2) is 0 Å². The van der Waals surface area contributed by atoms with E-state index in [0.29, 0.717) is 0 Å². The van der Waals surface area contributed by atoms with Crippen molar-refractivity contribution < 1.29 is 4.42 Å². The van der Waals surface area contributed by atoms with Gasteiger partial charge in [0.1, 0.15) is 11.5 Å². The Balaban J connectivity index is 2.13. The zero-order valence-corrected chi connectivity index (χ0v) is 11.9. The highest BCUT2D eigenvalue weighted by molar-refractivity contribution is 7.07. The summed E-state index contributed by atoms with van der Waals surface area (Å²) in [6, 6.07) is 2.32. The summed E-state index contributed by atoms with van der Waals surface area (Å²) in [5.74, 6) is 7.66. The summed E-state index contributed by atoms with van der Waals surface area (Å²) in [7, 11) is 0. The molecule has 1 atom stereocenters. The van der Waals surface area contributed by atoms with E-state index in [4.69, 9.17) is 10.3 Å². The van der Waals surface area contributed by atoms with Gasteiger partial charge in [0.2, 0.25) is 0 Å². The van der Waals surface area contributed by atoms with E-state index in [0.717, 1.165) is 24.4 Å². The molecule has 2 aromatic heterocycles. The van der Waals surface area contributed by atoms with Gasteiger partial charge in [-0.3, -0.25) is 11.3 Å². The fourth-order valence-electron chi connectivity index (χ4n) is 2.38. The van der Waals surface area contributed by atoms with Crippen LogP contribution in [0.1, 0.15) is 40.7 Å². The highest BCUT2D eigenvalue weighted by atomic mass is 32.1. The van der Waals surface area contributed by atoms with Gasteiger partial charge in [-0.15, -0.1) is 0 Å². The van der Waals surface area contributed by atoms with Crippen LogP contribution in [0.2, 0.25) is 0 Å². The Morgan fingerprint density at radius 2 is 2.11 bits per heavy atom. The second-order valence-corrected chi connectivity index (χ2v) is 5.42. The molecule has 0 fully saturated rings. The third-order valence-electron chi connectivity index (χ3n) is 3.47. The zero-order chi connectivity index (χ0) is 13.1. The Bertz CT molecular complexity index is 502. The average molecular weight is 264 g/mol. The summed E-state index contributed by atoms with van der Waals surface area (Å²) in [5, 5.41) is 4.30. The van der Waals surface area contributed by atoms with E-state index in [1.165, 1.54) is 16.7 Å². The number of nitrogens with one attached hydrogen (secondary N) is 1. The lowest BCUT2D eigenvalue weighted by Crippen LogP contribution is -2.29. The molecule has 98 valence electrons. The minimum Gasteiger partial charge on any atom is -0.466 e. The molecule has 2 heterocycles. The quantitative estimate of drug-likeness (QED) is 0.643. The minimum atomic E-state index is 0.155. The normalized spacial score (nSPS) is 12.9. The van der Waals surface area contributed by atoms with Crippen LogP contribution in [0.5, 0.6) is 0 Å². The summed E-state index contributed by atoms with van der Waals surface area (Å²) in [5.41, 5.74) is 6.71. The Hall–Kier alpha value is -1.10. The lowest BCUT2D eigenvalue weighted by atomic mass is 9.97. The van der Waals surface area contributed by atoms with Crippen molar-refractivity contribution >= 4 is 11.3 Å². The van der Waals surface area contributed by atoms with Crippen molar-refractivity contribution in [1.29, 1.82) is 0 Å². The lowest BCUT2D eigenvalue weighted by molar-refractivity contribution is 0.474. The first-order valence-corrected chi connectivity index (χ1v) is 7.11. The topological polar surface area (TPSA) is 51.2 Å². The Morgan fingerprint density at radius 3 is 2.61 bits per heavy atom. The van der Waals surface area contributed by atoms with E-state index in [2.05, 4.69) is 29.2 Å². The molecule has 0 aliphatic carbocycles. The molecule has 0 saturated heterocycles. The summed E-state index contributed by atoms with van der Waals surface area (Å²) in [6.07, 6.45) is 2.01. The standard InChI is InChI=1S/C14H20N2OS/c1-9-10(2)17-11(3)14(9)13(16-15)5-4-12-6-7-18-8-12/h6-8,13,16H,4-5,15H2,1-3H3. The summed E-state index contributed by atoms with van der Waals surface area (Å²) in [4.78, 5) is 0. The van der Waals surface area contributed by atoms with Gasteiger partial charge < -0.3 is 4.42 Å². The van der Waals surface area contributed by atoms with E-state index in [1.54, 1.807) is 11.3 Å². The van der Waals surface area contributed by atoms with Crippen LogP contribution in [-0.4, -0.2) is 0 Å². The van der Waals surface area contributed by atoms with Gasteiger partial charge in [0.25, 0.3) is 0 Å². The van der Waals surface area contributed by atoms with Crippen LogP contribution in [0.25, 0.3) is 0 Å². The smallest absolute Gasteiger partial charge is 0.106 e. The molecule has 4 heteroatoms. The molecule has 0 aliphatic rings. The number of thiophene rings is 1. The van der Waals surface area contributed by atoms with Crippen LogP contribution in [0, 0.1) is 20.8 Å². The van der Waals surface area contributed by atoms with Crippen LogP contribution >= 0.6 is 11.3 Å². The molecule has 0 saturated carbocycles. The fraction of sp³-hybridized carbons (Fsp3) is 0.429. The van der Waals surface area contributed by atoms with Crippen molar-refractivity contribution in [3.05, 3.63) is 45.0 Å². The first-order valence-electron chi connectivity index (χ1n) is 6.17. The number of rotatable bonds is 5. The molecule has 0 aromatic carbocycles. The van der Waals surface area contributed by atoms with Crippen molar-refractivity contribution in [2.24, 2.45) is 5.84 Å². The Morgan fingerprint density at radius 1 is 1.33 bits per heavy atom. The molecular formula is C14H20N2OS. The molecule has 3 N–H and O–H groups in total. The van der Waals surface area contributed by atoms with Gasteiger partial charge in [-0.05, 0) is 61.6 Å². The van der Waals surface area contributed by atoms with E-state index in [9.17, 15) is 0 Å². The summed E-state index contributed by atoms with van der Waals surface area (Å²) < 4.78 is 5.67. The fourth-order valence-corrected chi connectivity index (χ4v) is 3.08. The summed E-state index contributed by atoms with van der Waals surface area (Å²) >= 11 is 1.73. The minimum absolute atomic E-state index is 0.155. The maximum Gasteiger partial charge on any atom is 0.106 e. The molecule has 3 nitrogen and oxygen atoms in total. The number of hydrogen-bond donors (Lipinski definition) is 2. The molecule has 18 heavy (non-hydrogen) atoms. The molecule has 0 spiro atoms. The number of hydrogen-bond acceptors (Lipinski definition) is 4. The van der Waals surface area contributed by atoms with Gasteiger partial charge in [-0.2, -0.15) is 11.3 Å². The number of aryl methyl sites for hydroxylation is 3. The van der Waals surface area contributed by atoms with Crippen LogP contribution in [0.3, 0.4) is 0 Å². The predicted octanol–water partition coefficient (Wildman–Crippen LogP) is 3.40. The van der Waals surface area contributed by atoms with E-state index >= 15 is 0 Å². The predicted molar refractivity (Wildman–Crippen MR) is 75.6 cm³/mol. The number of furan rings is 1. The second-order valence-electron chi connectivity index (χ2n) is 4.64. The van der Waals surface area contributed by atoms with Crippen molar-refractivity contribution in [2.45, 2.75) is 39.7 Å². The van der Waals surface area contributed by atoms with Crippen molar-refractivity contribution in [3.8, 4) is 0 Å². The highest BCUT2D eigenvalue weighted by Crippen LogP contribution is 2.29. The first-order chi connectivity index (χ1) is 8.63. The van der Waals surface area contributed by atoms with Gasteiger partial charge in [0.05, 0.1) is 0 Å². The van der Waals surface area contributed by atoms with Gasteiger partial charge in [-0.1, -0.05) is 0 Å². The molecule has 0 bridgehead atoms. The Labute approximate surface area is 112 Å². The first kappa shape index (κ1) is 13.3. The van der Waals surface area contributed by atoms with Gasteiger partial charge in [0.15, 0.2) is 0 Å². The molecule has 1 unspecified atom stereocenters. The monoisotopic (exact) mass is 264 g/mol. The average Bonchev–Trinajstić information content (AvgIpc) is 2.93. The van der Waals surface area contributed by atoms with Crippen LogP contribution in [0.15, 0.2) is 21.2 Å². The van der Waals surface area contributed by atoms with Crippen molar-refractivity contribution in [3.63, 3.8) is 0 Å². The molecule has 0 radical (unpaired) electrons. The SMILES string of the molecule is Cc1oc(C)c(C(CCc2ccsc2)NN)c1C. The van der Waals surface area contributed by atoms with Gasteiger partial charge >= 0.3 is 0 Å².